The minimum absolute atomic E-state index is 0.0819. The summed E-state index contributed by atoms with van der Waals surface area (Å²) in [5.41, 5.74) is 0. The minimum Gasteiger partial charge on any atom is -0.466 e. The van der Waals surface area contributed by atoms with E-state index in [4.69, 9.17) is 18.9 Å². The molecule has 0 saturated carbocycles. The van der Waals surface area contributed by atoms with Crippen molar-refractivity contribution in [1.82, 2.24) is 0 Å². The lowest BCUT2D eigenvalue weighted by atomic mass is 9.87. The molecule has 3 rings (SSSR count). The van der Waals surface area contributed by atoms with Gasteiger partial charge in [0.15, 0.2) is 0 Å². The largest absolute Gasteiger partial charge is 0.466 e. The molecule has 3 saturated heterocycles. The number of aliphatic hydroxyl groups is 1. The van der Waals surface area contributed by atoms with Crippen LogP contribution in [-0.2, 0) is 23.7 Å². The first-order chi connectivity index (χ1) is 10.2. The number of fused-ring (bicyclic) bond motifs is 2. The molecule has 6 heteroatoms. The molecule has 0 aromatic carbocycles. The summed E-state index contributed by atoms with van der Waals surface area (Å²) in [6, 6.07) is 0. The van der Waals surface area contributed by atoms with Crippen molar-refractivity contribution in [3.63, 3.8) is 0 Å². The fourth-order valence-corrected chi connectivity index (χ4v) is 3.50. The van der Waals surface area contributed by atoms with Gasteiger partial charge in [-0.3, -0.25) is 4.79 Å². The SMILES string of the molecule is CCOC(=O)C[C@H]1O[C@H]2C[C@H]3OCCC[C@@H]3O[C@@H]2C[C@@H]1O. The van der Waals surface area contributed by atoms with Gasteiger partial charge in [-0.2, -0.15) is 0 Å². The molecule has 3 heterocycles. The van der Waals surface area contributed by atoms with Gasteiger partial charge in [0.2, 0.25) is 0 Å². The molecular formula is C15H24O6. The first-order valence-corrected chi connectivity index (χ1v) is 7.93. The fourth-order valence-electron chi connectivity index (χ4n) is 3.50. The molecule has 0 spiro atoms. The van der Waals surface area contributed by atoms with Gasteiger partial charge >= 0.3 is 5.97 Å². The highest BCUT2D eigenvalue weighted by Gasteiger charge is 2.46. The summed E-state index contributed by atoms with van der Waals surface area (Å²) in [4.78, 5) is 11.6. The molecule has 0 aromatic heterocycles. The molecule has 0 radical (unpaired) electrons. The Morgan fingerprint density at radius 1 is 1.19 bits per heavy atom. The van der Waals surface area contributed by atoms with E-state index in [9.17, 15) is 9.90 Å². The predicted molar refractivity (Wildman–Crippen MR) is 72.8 cm³/mol. The fraction of sp³-hybridized carbons (Fsp3) is 0.933. The Morgan fingerprint density at radius 2 is 2.00 bits per heavy atom. The number of aliphatic hydroxyl groups excluding tert-OH is 1. The number of esters is 1. The highest BCUT2D eigenvalue weighted by molar-refractivity contribution is 5.70. The van der Waals surface area contributed by atoms with Crippen LogP contribution in [0, 0.1) is 0 Å². The third kappa shape index (κ3) is 3.39. The summed E-state index contributed by atoms with van der Waals surface area (Å²) in [5, 5.41) is 10.2. The van der Waals surface area contributed by atoms with E-state index in [1.807, 2.05) is 0 Å². The molecule has 21 heavy (non-hydrogen) atoms. The van der Waals surface area contributed by atoms with Crippen LogP contribution in [0.1, 0.15) is 39.0 Å². The van der Waals surface area contributed by atoms with Gasteiger partial charge in [-0.05, 0) is 19.8 Å². The molecule has 0 amide bonds. The van der Waals surface area contributed by atoms with Crippen LogP contribution in [0.4, 0.5) is 0 Å². The highest BCUT2D eigenvalue weighted by atomic mass is 16.6. The van der Waals surface area contributed by atoms with Gasteiger partial charge in [0.1, 0.15) is 0 Å². The van der Waals surface area contributed by atoms with Crippen molar-refractivity contribution in [3.8, 4) is 0 Å². The van der Waals surface area contributed by atoms with Crippen LogP contribution in [0.3, 0.4) is 0 Å². The molecule has 0 aliphatic carbocycles. The van der Waals surface area contributed by atoms with E-state index in [1.165, 1.54) is 0 Å². The number of hydrogen-bond acceptors (Lipinski definition) is 6. The van der Waals surface area contributed by atoms with E-state index in [-0.39, 0.29) is 36.8 Å². The van der Waals surface area contributed by atoms with Crippen LogP contribution < -0.4 is 0 Å². The summed E-state index contributed by atoms with van der Waals surface area (Å²) in [7, 11) is 0. The van der Waals surface area contributed by atoms with Crippen LogP contribution in [0.15, 0.2) is 0 Å². The Morgan fingerprint density at radius 3 is 2.81 bits per heavy atom. The lowest BCUT2D eigenvalue weighted by molar-refractivity contribution is -0.259. The lowest BCUT2D eigenvalue weighted by Gasteiger charge is -2.48. The standard InChI is InChI=1S/C15H24O6/c1-2-18-15(17)8-11-9(16)6-13-14(21-11)7-12-10(20-13)4-3-5-19-12/h9-14,16H,2-8H2,1H3/t9-,10-,11+,12+,13+,14-/m0/s1. The number of carbonyl (C=O) groups excluding carboxylic acids is 1. The molecule has 0 unspecified atom stereocenters. The number of carbonyl (C=O) groups is 1. The number of hydrogen-bond donors (Lipinski definition) is 1. The maximum atomic E-state index is 11.6. The van der Waals surface area contributed by atoms with E-state index in [0.717, 1.165) is 25.9 Å². The zero-order valence-corrected chi connectivity index (χ0v) is 12.4. The Labute approximate surface area is 124 Å². The second-order valence-corrected chi connectivity index (χ2v) is 6.03. The second-order valence-electron chi connectivity index (χ2n) is 6.03. The first kappa shape index (κ1) is 15.2. The van der Waals surface area contributed by atoms with E-state index >= 15 is 0 Å². The molecule has 3 fully saturated rings. The van der Waals surface area contributed by atoms with Crippen molar-refractivity contribution < 1.29 is 28.8 Å². The average molecular weight is 300 g/mol. The number of rotatable bonds is 3. The molecule has 6 atom stereocenters. The van der Waals surface area contributed by atoms with Gasteiger partial charge in [-0.1, -0.05) is 0 Å². The summed E-state index contributed by atoms with van der Waals surface area (Å²) >= 11 is 0. The molecule has 0 bridgehead atoms. The van der Waals surface area contributed by atoms with Crippen LogP contribution >= 0.6 is 0 Å². The molecule has 6 nitrogen and oxygen atoms in total. The van der Waals surface area contributed by atoms with Crippen molar-refractivity contribution in [2.24, 2.45) is 0 Å². The van der Waals surface area contributed by atoms with Gasteiger partial charge in [-0.15, -0.1) is 0 Å². The number of ether oxygens (including phenoxy) is 4. The maximum Gasteiger partial charge on any atom is 0.308 e. The molecular weight excluding hydrogens is 276 g/mol. The third-order valence-electron chi connectivity index (χ3n) is 4.53. The van der Waals surface area contributed by atoms with Gasteiger partial charge in [0.25, 0.3) is 0 Å². The van der Waals surface area contributed by atoms with Crippen LogP contribution in [-0.4, -0.2) is 60.9 Å². The Hall–Kier alpha value is -0.690. The molecule has 1 N–H and O–H groups in total. The van der Waals surface area contributed by atoms with Gasteiger partial charge in [-0.25, -0.2) is 0 Å². The van der Waals surface area contributed by atoms with Crippen molar-refractivity contribution in [3.05, 3.63) is 0 Å². The van der Waals surface area contributed by atoms with Crippen molar-refractivity contribution in [1.29, 1.82) is 0 Å². The van der Waals surface area contributed by atoms with Crippen LogP contribution in [0.5, 0.6) is 0 Å². The Bertz CT molecular complexity index is 373. The second kappa shape index (κ2) is 6.60. The lowest BCUT2D eigenvalue weighted by Crippen LogP contribution is -2.57. The topological polar surface area (TPSA) is 74.2 Å². The monoisotopic (exact) mass is 300 g/mol. The van der Waals surface area contributed by atoms with Crippen LogP contribution in [0.25, 0.3) is 0 Å². The van der Waals surface area contributed by atoms with E-state index in [0.29, 0.717) is 13.0 Å². The Kier molecular flexibility index (Phi) is 4.78. The summed E-state index contributed by atoms with van der Waals surface area (Å²) < 4.78 is 22.6. The van der Waals surface area contributed by atoms with Gasteiger partial charge in [0, 0.05) is 19.4 Å². The van der Waals surface area contributed by atoms with E-state index in [2.05, 4.69) is 0 Å². The molecule has 3 aliphatic rings. The van der Waals surface area contributed by atoms with Crippen molar-refractivity contribution in [2.75, 3.05) is 13.2 Å². The zero-order chi connectivity index (χ0) is 14.8. The van der Waals surface area contributed by atoms with Gasteiger partial charge < -0.3 is 24.1 Å². The summed E-state index contributed by atoms with van der Waals surface area (Å²) in [6.45, 7) is 2.88. The molecule has 0 aromatic rings. The molecule has 120 valence electrons. The van der Waals surface area contributed by atoms with E-state index < -0.39 is 12.2 Å². The molecule has 3 aliphatic heterocycles. The third-order valence-corrected chi connectivity index (χ3v) is 4.53. The zero-order valence-electron chi connectivity index (χ0n) is 12.4. The van der Waals surface area contributed by atoms with E-state index in [1.54, 1.807) is 6.92 Å². The van der Waals surface area contributed by atoms with Crippen molar-refractivity contribution in [2.45, 2.75) is 75.7 Å². The van der Waals surface area contributed by atoms with Gasteiger partial charge in [0.05, 0.1) is 49.7 Å². The normalized spacial score (nSPS) is 42.8. The van der Waals surface area contributed by atoms with Crippen molar-refractivity contribution >= 4 is 5.97 Å². The Balaban J connectivity index is 1.59. The van der Waals surface area contributed by atoms with Crippen LogP contribution in [0.2, 0.25) is 0 Å². The average Bonchev–Trinajstić information content (AvgIpc) is 2.46. The minimum atomic E-state index is -0.684. The smallest absolute Gasteiger partial charge is 0.308 e. The predicted octanol–water partition coefficient (Wildman–Crippen LogP) is 0.794. The highest BCUT2D eigenvalue weighted by Crippen LogP contribution is 2.36. The summed E-state index contributed by atoms with van der Waals surface area (Å²) in [6.07, 6.45) is 2.23. The summed E-state index contributed by atoms with van der Waals surface area (Å²) in [5.74, 6) is -0.330. The first-order valence-electron chi connectivity index (χ1n) is 7.93. The maximum absolute atomic E-state index is 11.6. The quantitative estimate of drug-likeness (QED) is 0.777.